The van der Waals surface area contributed by atoms with E-state index in [0.29, 0.717) is 72.1 Å². The Balaban J connectivity index is 0.000000172. The number of carboxylic acid groups (broad SMARTS) is 1. The molecule has 0 bridgehead atoms. The number of pyridine rings is 2. The van der Waals surface area contributed by atoms with Crippen LogP contribution >= 0.6 is 0 Å². The minimum Gasteiger partial charge on any atom is -0.478 e. The van der Waals surface area contributed by atoms with Crippen molar-refractivity contribution in [3.63, 3.8) is 0 Å². The third-order valence-corrected chi connectivity index (χ3v) is 18.5. The number of carbonyl (C=O) groups excluding carboxylic acids is 5. The number of carboxylic acids is 1. The second-order valence-corrected chi connectivity index (χ2v) is 28.6. The molecule has 0 unspecified atom stereocenters. The number of likely N-dealkylation sites (tertiary alicyclic amines) is 3. The molecule has 4 N–H and O–H groups in total. The molecule has 10 heterocycles. The molecule has 0 atom stereocenters. The molecule has 2 saturated carbocycles. The van der Waals surface area contributed by atoms with E-state index in [-0.39, 0.29) is 58.6 Å². The third-order valence-electron chi connectivity index (χ3n) is 18.5. The predicted molar refractivity (Wildman–Crippen MR) is 354 cm³/mol. The Morgan fingerprint density at radius 2 is 0.935 bits per heavy atom. The van der Waals surface area contributed by atoms with Gasteiger partial charge in [-0.1, -0.05) is 51.4 Å². The zero-order valence-corrected chi connectivity index (χ0v) is 55.9. The number of amides is 5. The molecule has 2 aliphatic carbocycles. The second kappa shape index (κ2) is 28.4. The molecule has 12 rings (SSSR count). The fraction of sp³-hybridized carbons (Fsp3) is 0.588. The van der Waals surface area contributed by atoms with Crippen LogP contribution in [-0.4, -0.2) is 196 Å². The first kappa shape index (κ1) is 67.4. The number of carbonyl (C=O) groups is 6. The quantitative estimate of drug-likeness (QED) is 0.0927. The van der Waals surface area contributed by atoms with E-state index >= 15 is 0 Å². The topological polar surface area (TPSA) is 281 Å². The van der Waals surface area contributed by atoms with Crippen molar-refractivity contribution in [1.82, 2.24) is 68.9 Å². The molecule has 4 aliphatic heterocycles. The number of rotatable bonds is 10. The summed E-state index contributed by atoms with van der Waals surface area (Å²) in [4.78, 5) is 110. The van der Waals surface area contributed by atoms with Gasteiger partial charge >= 0.3 is 18.2 Å². The summed E-state index contributed by atoms with van der Waals surface area (Å²) in [5.74, 6) is 0.535. The molecule has 500 valence electrons. The summed E-state index contributed by atoms with van der Waals surface area (Å²) in [5, 5.41) is 20.2. The molecule has 6 fully saturated rings. The highest BCUT2D eigenvalue weighted by Gasteiger charge is 2.49. The van der Waals surface area contributed by atoms with Gasteiger partial charge in [0.25, 0.3) is 17.7 Å². The lowest BCUT2D eigenvalue weighted by atomic mass is 9.72. The summed E-state index contributed by atoms with van der Waals surface area (Å²) in [7, 11) is 7.05. The molecule has 0 aromatic carbocycles. The molecular formula is C68H94N16O9. The monoisotopic (exact) mass is 1280 g/mol. The summed E-state index contributed by atoms with van der Waals surface area (Å²) < 4.78 is 15.0. The Kier molecular flexibility index (Phi) is 20.6. The summed E-state index contributed by atoms with van der Waals surface area (Å²) in [5.41, 5.74) is 2.93. The number of anilines is 4. The second-order valence-electron chi connectivity index (χ2n) is 28.6. The SMILES string of the molecule is CC(C)(C)OC(=O)N1CC2(CCNCC2)C1.CN(C)C(=O)c1cc2cnc(Nc3ccc(C(=O)N4CCC5(CC4)CN(C(=O)OC(C)(C)C)C5)cn3)nc2n1C1CCCCCC1.CN(C)C(=O)c1cc2cnc(Nc3ccc(C(=O)O)cn3)nc2n1C1CCCCCC1. The summed E-state index contributed by atoms with van der Waals surface area (Å²) >= 11 is 0. The van der Waals surface area contributed by atoms with Crippen molar-refractivity contribution >= 4 is 81.5 Å². The molecule has 6 aromatic rings. The van der Waals surface area contributed by atoms with Crippen LogP contribution in [0.15, 0.2) is 61.2 Å². The van der Waals surface area contributed by atoms with Gasteiger partial charge in [0.05, 0.1) is 11.1 Å². The van der Waals surface area contributed by atoms with E-state index in [4.69, 9.17) is 24.5 Å². The number of aromatic nitrogens is 8. The summed E-state index contributed by atoms with van der Waals surface area (Å²) in [6, 6.07) is 10.8. The minimum absolute atomic E-state index is 0.0435. The van der Waals surface area contributed by atoms with Crippen molar-refractivity contribution in [2.75, 3.05) is 91.2 Å². The van der Waals surface area contributed by atoms with Crippen molar-refractivity contribution in [1.29, 1.82) is 0 Å². The number of nitrogens with zero attached hydrogens (tertiary/aromatic N) is 13. The number of nitrogens with one attached hydrogen (secondary N) is 3. The van der Waals surface area contributed by atoms with E-state index in [1.807, 2.05) is 63.5 Å². The number of fused-ring (bicyclic) bond motifs is 2. The van der Waals surface area contributed by atoms with E-state index in [2.05, 4.69) is 45.0 Å². The highest BCUT2D eigenvalue weighted by atomic mass is 16.6. The Hall–Kier alpha value is -8.48. The molecule has 25 heteroatoms. The first-order valence-corrected chi connectivity index (χ1v) is 33.1. The van der Waals surface area contributed by atoms with Crippen LogP contribution in [-0.2, 0) is 9.47 Å². The molecular weight excluding hydrogens is 1180 g/mol. The van der Waals surface area contributed by atoms with Crippen LogP contribution in [0.5, 0.6) is 0 Å². The molecule has 6 aromatic heterocycles. The molecule has 2 spiro atoms. The lowest BCUT2D eigenvalue weighted by Gasteiger charge is -2.53. The highest BCUT2D eigenvalue weighted by Crippen LogP contribution is 2.43. The minimum atomic E-state index is -1.03. The molecule has 5 amide bonds. The zero-order valence-electron chi connectivity index (χ0n) is 55.9. The molecule has 6 aliphatic rings. The number of aromatic carboxylic acids is 1. The van der Waals surface area contributed by atoms with E-state index in [0.717, 1.165) is 112 Å². The Morgan fingerprint density at radius 3 is 1.30 bits per heavy atom. The van der Waals surface area contributed by atoms with Crippen LogP contribution in [0.2, 0.25) is 0 Å². The maximum Gasteiger partial charge on any atom is 0.410 e. The van der Waals surface area contributed by atoms with E-state index in [9.17, 15) is 28.8 Å². The zero-order chi connectivity index (χ0) is 66.4. The van der Waals surface area contributed by atoms with Crippen LogP contribution in [0, 0.1) is 10.8 Å². The number of ether oxygens (including phenoxy) is 2. The normalized spacial score (nSPS) is 18.3. The summed E-state index contributed by atoms with van der Waals surface area (Å²) in [6.07, 6.45) is 23.5. The van der Waals surface area contributed by atoms with Gasteiger partial charge in [0.15, 0.2) is 0 Å². The van der Waals surface area contributed by atoms with Crippen LogP contribution in [0.1, 0.15) is 198 Å². The van der Waals surface area contributed by atoms with Gasteiger partial charge in [0.1, 0.15) is 45.5 Å². The lowest BCUT2D eigenvalue weighted by molar-refractivity contribution is -0.0563. The maximum absolute atomic E-state index is 13.3. The van der Waals surface area contributed by atoms with E-state index < -0.39 is 11.6 Å². The van der Waals surface area contributed by atoms with Gasteiger partial charge in [-0.25, -0.2) is 34.3 Å². The van der Waals surface area contributed by atoms with Gasteiger partial charge in [-0.2, -0.15) is 9.97 Å². The molecule has 0 radical (unpaired) electrons. The van der Waals surface area contributed by atoms with E-state index in [1.54, 1.807) is 79.7 Å². The van der Waals surface area contributed by atoms with Crippen molar-refractivity contribution in [2.45, 2.75) is 168 Å². The average Bonchev–Trinajstić information content (AvgIpc) is 1.80. The number of hydrogen-bond acceptors (Lipinski definition) is 17. The average molecular weight is 1280 g/mol. The molecule has 93 heavy (non-hydrogen) atoms. The van der Waals surface area contributed by atoms with Crippen molar-refractivity contribution < 1.29 is 43.3 Å². The summed E-state index contributed by atoms with van der Waals surface area (Å²) in [6.45, 7) is 17.9. The largest absolute Gasteiger partial charge is 0.478 e. The van der Waals surface area contributed by atoms with Gasteiger partial charge in [-0.3, -0.25) is 14.4 Å². The van der Waals surface area contributed by atoms with Gasteiger partial charge in [-0.15, -0.1) is 0 Å². The van der Waals surface area contributed by atoms with E-state index in [1.165, 1.54) is 50.8 Å². The maximum atomic E-state index is 13.3. The van der Waals surface area contributed by atoms with Crippen molar-refractivity contribution in [2.24, 2.45) is 10.8 Å². The number of piperidine rings is 2. The standard InChI is InChI=1S/C34H46N8O4.C22H26N6O3.C12H22N2O2/c1-33(2,3)46-32(45)41-21-34(22-41)14-16-40(17-15-34)29(43)23-12-13-27(35-19-23)37-31-36-20-24-18-26(30(44)39(4)5)42(28(24)38-31)25-10-8-6-7-9-11-25;1-27(2)20(29)17-11-15-13-24-22(25-18-10-9-14(12-23-18)21(30)31)26-19(15)28(17)16-7-5-3-4-6-8-16;1-11(2,3)16-10(15)14-8-12(9-14)4-6-13-7-5-12/h12-13,18-20,25H,6-11,14-17,21-22H2,1-5H3,(H,35,36,37,38);9-13,16H,3-8H2,1-2H3,(H,30,31)(H,23,24,25,26);13H,4-9H2,1-3H3. The van der Waals surface area contributed by atoms with Gasteiger partial charge in [-0.05, 0) is 142 Å². The fourth-order valence-corrected chi connectivity index (χ4v) is 13.5. The van der Waals surface area contributed by atoms with Crippen LogP contribution in [0.4, 0.5) is 33.1 Å². The lowest BCUT2D eigenvalue weighted by Crippen LogP contribution is -2.62. The Bertz CT molecular complexity index is 3620. The van der Waals surface area contributed by atoms with Crippen LogP contribution in [0.25, 0.3) is 22.1 Å². The van der Waals surface area contributed by atoms with Crippen molar-refractivity contribution in [3.05, 3.63) is 83.7 Å². The first-order valence-electron chi connectivity index (χ1n) is 33.1. The molecule has 25 nitrogen and oxygen atoms in total. The van der Waals surface area contributed by atoms with Crippen LogP contribution < -0.4 is 16.0 Å². The van der Waals surface area contributed by atoms with Gasteiger partial charge in [0, 0.05) is 126 Å². The number of hydrogen-bond donors (Lipinski definition) is 4. The molecule has 4 saturated heterocycles. The highest BCUT2D eigenvalue weighted by molar-refractivity contribution is 5.99. The van der Waals surface area contributed by atoms with Gasteiger partial charge in [0.2, 0.25) is 11.9 Å². The third kappa shape index (κ3) is 16.5. The van der Waals surface area contributed by atoms with Crippen LogP contribution in [0.3, 0.4) is 0 Å². The van der Waals surface area contributed by atoms with Gasteiger partial charge < -0.3 is 64.2 Å². The Morgan fingerprint density at radius 1 is 0.538 bits per heavy atom. The fourth-order valence-electron chi connectivity index (χ4n) is 13.5. The first-order chi connectivity index (χ1) is 44.2. The predicted octanol–water partition coefficient (Wildman–Crippen LogP) is 11.1. The van der Waals surface area contributed by atoms with Crippen molar-refractivity contribution in [3.8, 4) is 0 Å². The Labute approximate surface area is 544 Å². The smallest absolute Gasteiger partial charge is 0.410 e.